The van der Waals surface area contributed by atoms with E-state index in [4.69, 9.17) is 4.42 Å². The van der Waals surface area contributed by atoms with E-state index in [1.54, 1.807) is 0 Å². The minimum absolute atomic E-state index is 0.0549. The lowest BCUT2D eigenvalue weighted by atomic mass is 9.96. The summed E-state index contributed by atoms with van der Waals surface area (Å²) in [7, 11) is 0. The molecule has 1 N–H and O–H groups in total. The molecule has 8 heteroatoms. The number of nitrogens with zero attached hydrogens (tertiary/aromatic N) is 3. The first-order valence-corrected chi connectivity index (χ1v) is 8.77. The third-order valence-electron chi connectivity index (χ3n) is 3.32. The molecule has 1 aliphatic rings. The zero-order valence-corrected chi connectivity index (χ0v) is 14.9. The number of thioether (sulfide) groups is 1. The van der Waals surface area contributed by atoms with E-state index in [0.717, 1.165) is 0 Å². The number of hydrogen-bond donors (Lipinski definition) is 1. The second-order valence-electron chi connectivity index (χ2n) is 6.91. The van der Waals surface area contributed by atoms with Gasteiger partial charge in [-0.3, -0.25) is 9.59 Å². The van der Waals surface area contributed by atoms with E-state index < -0.39 is 0 Å². The van der Waals surface area contributed by atoms with Gasteiger partial charge < -0.3 is 14.6 Å². The Balaban J connectivity index is 1.76. The first kappa shape index (κ1) is 17.8. The smallest absolute Gasteiger partial charge is 0.277 e. The van der Waals surface area contributed by atoms with Crippen molar-refractivity contribution < 1.29 is 14.0 Å². The van der Waals surface area contributed by atoms with Crippen LogP contribution in [0.1, 0.15) is 40.0 Å². The molecule has 0 saturated carbocycles. The second kappa shape index (κ2) is 7.33. The lowest BCUT2D eigenvalue weighted by Gasteiger charge is -2.26. The number of carbonyl (C=O) groups excluding carboxylic acids is 2. The third kappa shape index (κ3) is 5.53. The summed E-state index contributed by atoms with van der Waals surface area (Å²) in [5.74, 6) is 0.742. The molecule has 0 bridgehead atoms. The van der Waals surface area contributed by atoms with Gasteiger partial charge in [-0.05, 0) is 5.41 Å². The number of rotatable bonds is 6. The van der Waals surface area contributed by atoms with Crippen molar-refractivity contribution in [3.05, 3.63) is 5.89 Å². The second-order valence-corrected chi connectivity index (χ2v) is 7.83. The standard InChI is InChI=1S/C15H24N4O3S/c1-5-12-17-18-14(22-12)23-8-11(20)16-10-6-13(21)19(7-10)9-15(2,3)4/h10H,5-9H2,1-4H3,(H,16,20)/t10-/m0/s1. The maximum absolute atomic E-state index is 12.0. The summed E-state index contributed by atoms with van der Waals surface area (Å²) in [5, 5.41) is 11.0. The highest BCUT2D eigenvalue weighted by Crippen LogP contribution is 2.21. The van der Waals surface area contributed by atoms with E-state index >= 15 is 0 Å². The van der Waals surface area contributed by atoms with Gasteiger partial charge in [0, 0.05) is 25.9 Å². The zero-order valence-electron chi connectivity index (χ0n) is 14.1. The van der Waals surface area contributed by atoms with Gasteiger partial charge in [0.1, 0.15) is 0 Å². The summed E-state index contributed by atoms with van der Waals surface area (Å²) in [6.07, 6.45) is 1.04. The van der Waals surface area contributed by atoms with Gasteiger partial charge in [0.2, 0.25) is 17.7 Å². The number of hydrogen-bond acceptors (Lipinski definition) is 6. The van der Waals surface area contributed by atoms with Gasteiger partial charge in [0.15, 0.2) is 0 Å². The molecule has 0 radical (unpaired) electrons. The molecule has 0 unspecified atom stereocenters. The van der Waals surface area contributed by atoms with Crippen LogP contribution >= 0.6 is 11.8 Å². The minimum atomic E-state index is -0.123. The Morgan fingerprint density at radius 3 is 2.78 bits per heavy atom. The van der Waals surface area contributed by atoms with E-state index in [0.29, 0.717) is 37.0 Å². The van der Waals surface area contributed by atoms with Crippen molar-refractivity contribution >= 4 is 23.6 Å². The predicted octanol–water partition coefficient (Wildman–Crippen LogP) is 1.49. The molecule has 0 aliphatic carbocycles. The summed E-state index contributed by atoms with van der Waals surface area (Å²) < 4.78 is 5.34. The molecule has 0 aromatic carbocycles. The van der Waals surface area contributed by atoms with Crippen LogP contribution in [0.4, 0.5) is 0 Å². The monoisotopic (exact) mass is 340 g/mol. The first-order valence-electron chi connectivity index (χ1n) is 7.79. The molecule has 7 nitrogen and oxygen atoms in total. The van der Waals surface area contributed by atoms with E-state index in [-0.39, 0.29) is 29.0 Å². The normalized spacial score (nSPS) is 18.5. The van der Waals surface area contributed by atoms with Crippen molar-refractivity contribution in [2.75, 3.05) is 18.8 Å². The molecular formula is C15H24N4O3S. The minimum Gasteiger partial charge on any atom is -0.416 e. The van der Waals surface area contributed by atoms with Crippen molar-refractivity contribution in [3.8, 4) is 0 Å². The van der Waals surface area contributed by atoms with Crippen molar-refractivity contribution in [3.63, 3.8) is 0 Å². The molecule has 1 saturated heterocycles. The molecule has 2 rings (SSSR count). The highest BCUT2D eigenvalue weighted by atomic mass is 32.2. The highest BCUT2D eigenvalue weighted by molar-refractivity contribution is 7.99. The Labute approximate surface area is 140 Å². The number of nitrogens with one attached hydrogen (secondary N) is 1. The lowest BCUT2D eigenvalue weighted by Crippen LogP contribution is -2.39. The van der Waals surface area contributed by atoms with Gasteiger partial charge in [-0.1, -0.05) is 39.5 Å². The van der Waals surface area contributed by atoms with Gasteiger partial charge in [0.25, 0.3) is 5.22 Å². The van der Waals surface area contributed by atoms with Crippen molar-refractivity contribution in [1.82, 2.24) is 20.4 Å². The van der Waals surface area contributed by atoms with Gasteiger partial charge in [-0.2, -0.15) is 0 Å². The van der Waals surface area contributed by atoms with Crippen molar-refractivity contribution in [1.29, 1.82) is 0 Å². The Hall–Kier alpha value is -1.57. The third-order valence-corrected chi connectivity index (χ3v) is 4.14. The van der Waals surface area contributed by atoms with Crippen LogP contribution in [0.2, 0.25) is 0 Å². The van der Waals surface area contributed by atoms with E-state index in [2.05, 4.69) is 36.3 Å². The van der Waals surface area contributed by atoms with Gasteiger partial charge >= 0.3 is 0 Å². The fourth-order valence-corrected chi connectivity index (χ4v) is 3.02. The molecule has 2 heterocycles. The zero-order chi connectivity index (χ0) is 17.0. The van der Waals surface area contributed by atoms with Gasteiger partial charge in [-0.15, -0.1) is 10.2 Å². The Morgan fingerprint density at radius 2 is 2.17 bits per heavy atom. The maximum atomic E-state index is 12.0. The molecule has 1 aromatic rings. The van der Waals surface area contributed by atoms with Crippen LogP contribution in [-0.2, 0) is 16.0 Å². The van der Waals surface area contributed by atoms with Gasteiger partial charge in [-0.25, -0.2) is 0 Å². The summed E-state index contributed by atoms with van der Waals surface area (Å²) in [6.45, 7) is 9.49. The van der Waals surface area contributed by atoms with Crippen molar-refractivity contribution in [2.45, 2.75) is 51.8 Å². The molecule has 23 heavy (non-hydrogen) atoms. The van der Waals surface area contributed by atoms with Crippen molar-refractivity contribution in [2.24, 2.45) is 5.41 Å². The van der Waals surface area contributed by atoms with Crippen LogP contribution in [-0.4, -0.2) is 51.8 Å². The Morgan fingerprint density at radius 1 is 1.43 bits per heavy atom. The summed E-state index contributed by atoms with van der Waals surface area (Å²) in [4.78, 5) is 25.8. The largest absolute Gasteiger partial charge is 0.416 e. The quantitative estimate of drug-likeness (QED) is 0.789. The topological polar surface area (TPSA) is 88.3 Å². The molecule has 128 valence electrons. The summed E-state index contributed by atoms with van der Waals surface area (Å²) in [5.41, 5.74) is 0.0549. The van der Waals surface area contributed by atoms with E-state index in [1.807, 2.05) is 11.8 Å². The average molecular weight is 340 g/mol. The predicted molar refractivity (Wildman–Crippen MR) is 87.0 cm³/mol. The number of likely N-dealkylation sites (tertiary alicyclic amines) is 1. The maximum Gasteiger partial charge on any atom is 0.277 e. The molecule has 1 aliphatic heterocycles. The summed E-state index contributed by atoms with van der Waals surface area (Å²) in [6, 6.07) is -0.119. The highest BCUT2D eigenvalue weighted by Gasteiger charge is 2.32. The van der Waals surface area contributed by atoms with Crippen LogP contribution in [0.3, 0.4) is 0 Å². The molecule has 1 aromatic heterocycles. The molecule has 1 atom stereocenters. The molecule has 0 spiro atoms. The van der Waals surface area contributed by atoms with Crippen LogP contribution in [0.25, 0.3) is 0 Å². The van der Waals surface area contributed by atoms with E-state index in [9.17, 15) is 9.59 Å². The molecule has 2 amide bonds. The van der Waals surface area contributed by atoms with Gasteiger partial charge in [0.05, 0.1) is 11.8 Å². The number of aryl methyl sites for hydroxylation is 1. The number of amides is 2. The summed E-state index contributed by atoms with van der Waals surface area (Å²) >= 11 is 1.21. The lowest BCUT2D eigenvalue weighted by molar-refractivity contribution is -0.128. The van der Waals surface area contributed by atoms with E-state index in [1.165, 1.54) is 11.8 Å². The van der Waals surface area contributed by atoms with Crippen LogP contribution in [0.5, 0.6) is 0 Å². The van der Waals surface area contributed by atoms with Crippen LogP contribution in [0, 0.1) is 5.41 Å². The average Bonchev–Trinajstić information content (AvgIpc) is 3.02. The SMILES string of the molecule is CCc1nnc(SCC(=O)N[C@H]2CC(=O)N(CC(C)(C)C)C2)o1. The first-order chi connectivity index (χ1) is 10.8. The fraction of sp³-hybridized carbons (Fsp3) is 0.733. The number of aromatic nitrogens is 2. The molecule has 1 fully saturated rings. The van der Waals surface area contributed by atoms with Crippen LogP contribution < -0.4 is 5.32 Å². The van der Waals surface area contributed by atoms with Crippen LogP contribution in [0.15, 0.2) is 9.64 Å². The number of carbonyl (C=O) groups is 2. The fourth-order valence-electron chi connectivity index (χ4n) is 2.43. The Bertz CT molecular complexity index is 567. The Kier molecular flexibility index (Phi) is 5.67. The molecular weight excluding hydrogens is 316 g/mol.